The second-order valence-electron chi connectivity index (χ2n) is 18.0. The van der Waals surface area contributed by atoms with Gasteiger partial charge in [0, 0.05) is 39.2 Å². The van der Waals surface area contributed by atoms with Crippen molar-refractivity contribution < 1.29 is 0 Å². The summed E-state index contributed by atoms with van der Waals surface area (Å²) in [5, 5.41) is 2.44. The molecule has 12 rings (SSSR count). The van der Waals surface area contributed by atoms with E-state index in [1.165, 1.54) is 104 Å². The fourth-order valence-electron chi connectivity index (χ4n) is 11.0. The van der Waals surface area contributed by atoms with Crippen LogP contribution in [0.3, 0.4) is 0 Å². The third-order valence-corrected chi connectivity index (χ3v) is 14.3. The Labute approximate surface area is 388 Å². The first-order valence-electron chi connectivity index (χ1n) is 23.5. The van der Waals surface area contributed by atoms with Crippen molar-refractivity contribution >= 4 is 44.9 Å². The van der Waals surface area contributed by atoms with Crippen LogP contribution in [-0.4, -0.2) is 0 Å². The average Bonchev–Trinajstić information content (AvgIpc) is 3.65. The minimum atomic E-state index is 0.0772. The van der Waals surface area contributed by atoms with Crippen molar-refractivity contribution in [3.05, 3.63) is 254 Å². The molecular weight excluding hydrogens is 797 g/mol. The van der Waals surface area contributed by atoms with Gasteiger partial charge in [0.25, 0.3) is 0 Å². The first-order valence-corrected chi connectivity index (χ1v) is 23.5. The molecule has 0 amide bonds. The second kappa shape index (κ2) is 16.9. The molecule has 0 heterocycles. The number of nitrogens with zero attached hydrogens (tertiary/aromatic N) is 2. The van der Waals surface area contributed by atoms with E-state index in [0.29, 0.717) is 0 Å². The van der Waals surface area contributed by atoms with Crippen LogP contribution in [0.15, 0.2) is 243 Å². The van der Waals surface area contributed by atoms with Crippen molar-refractivity contribution in [1.82, 2.24) is 0 Å². The Morgan fingerprint density at radius 2 is 0.712 bits per heavy atom. The quantitative estimate of drug-likeness (QED) is 0.143. The summed E-state index contributed by atoms with van der Waals surface area (Å²) < 4.78 is 0. The molecule has 10 aromatic carbocycles. The molecule has 0 bridgehead atoms. The average molecular weight is 847 g/mol. The largest absolute Gasteiger partial charge is 0.310 e. The molecule has 1 saturated carbocycles. The third kappa shape index (κ3) is 7.07. The van der Waals surface area contributed by atoms with Crippen molar-refractivity contribution in [2.45, 2.75) is 37.5 Å². The summed E-state index contributed by atoms with van der Waals surface area (Å²) in [6.07, 6.45) is 6.28. The molecule has 10 aromatic rings. The molecular formula is C64H50N2. The Hall–Kier alpha value is -7.94. The van der Waals surface area contributed by atoms with E-state index in [4.69, 9.17) is 0 Å². The smallest absolute Gasteiger partial charge is 0.0540 e. The minimum absolute atomic E-state index is 0.0772. The van der Waals surface area contributed by atoms with E-state index < -0.39 is 0 Å². The van der Waals surface area contributed by atoms with Gasteiger partial charge in [-0.1, -0.05) is 195 Å². The Kier molecular flexibility index (Phi) is 10.1. The van der Waals surface area contributed by atoms with Gasteiger partial charge in [-0.25, -0.2) is 0 Å². The molecule has 0 atom stereocenters. The Balaban J connectivity index is 0.907. The molecule has 0 aliphatic heterocycles. The van der Waals surface area contributed by atoms with Crippen molar-refractivity contribution in [3.63, 3.8) is 0 Å². The van der Waals surface area contributed by atoms with Gasteiger partial charge in [0.15, 0.2) is 0 Å². The number of hydrogen-bond donors (Lipinski definition) is 0. The van der Waals surface area contributed by atoms with Gasteiger partial charge in [0.05, 0.1) is 5.69 Å². The third-order valence-electron chi connectivity index (χ3n) is 14.3. The molecule has 0 radical (unpaired) electrons. The maximum absolute atomic E-state index is 2.52. The Morgan fingerprint density at radius 1 is 0.288 bits per heavy atom. The minimum Gasteiger partial charge on any atom is -0.310 e. The van der Waals surface area contributed by atoms with Crippen molar-refractivity contribution in [2.24, 2.45) is 0 Å². The molecule has 0 N–H and O–H groups in total. The van der Waals surface area contributed by atoms with Crippen LogP contribution in [0, 0.1) is 0 Å². The summed E-state index contributed by atoms with van der Waals surface area (Å²) in [7, 11) is 0. The highest BCUT2D eigenvalue weighted by molar-refractivity contribution is 5.99. The highest BCUT2D eigenvalue weighted by Gasteiger charge is 2.43. The lowest BCUT2D eigenvalue weighted by Crippen LogP contribution is -2.28. The number of hydrogen-bond acceptors (Lipinski definition) is 2. The van der Waals surface area contributed by atoms with Gasteiger partial charge in [-0.05, 0) is 141 Å². The van der Waals surface area contributed by atoms with E-state index in [2.05, 4.69) is 252 Å². The van der Waals surface area contributed by atoms with Gasteiger partial charge in [-0.2, -0.15) is 0 Å². The lowest BCUT2D eigenvalue weighted by Gasteiger charge is -2.36. The van der Waals surface area contributed by atoms with Crippen molar-refractivity contribution in [3.8, 4) is 44.5 Å². The topological polar surface area (TPSA) is 6.48 Å². The summed E-state index contributed by atoms with van der Waals surface area (Å²) in [4.78, 5) is 4.84. The van der Waals surface area contributed by atoms with E-state index in [9.17, 15) is 0 Å². The molecule has 1 fully saturated rings. The number of anilines is 6. The van der Waals surface area contributed by atoms with Gasteiger partial charge in [-0.3, -0.25) is 0 Å². The second-order valence-corrected chi connectivity index (χ2v) is 18.0. The lowest BCUT2D eigenvalue weighted by atomic mass is 9.68. The number of fused-ring (bicyclic) bond motifs is 6. The molecule has 0 unspecified atom stereocenters. The van der Waals surface area contributed by atoms with Crippen molar-refractivity contribution in [2.75, 3.05) is 9.80 Å². The first kappa shape index (κ1) is 39.6. The number of rotatable bonds is 9. The van der Waals surface area contributed by atoms with Crippen LogP contribution in [0.5, 0.6) is 0 Å². The molecule has 0 aromatic heterocycles. The highest BCUT2D eigenvalue weighted by Crippen LogP contribution is 2.57. The SMILES string of the molecule is c1ccc(-c2ccc(N(c3ccc(-c4ccc(N(c5ccc(-c6ccccc6)cc5)c5cccc6ccccc56)cc4)cc3)c3ccc4c(c3)C3(CCCCC3)c3ccccc3-4)cc2)cc1. The summed E-state index contributed by atoms with van der Waals surface area (Å²) in [6.45, 7) is 0. The molecule has 0 saturated heterocycles. The Bertz CT molecular complexity index is 3290. The first-order chi connectivity index (χ1) is 32.7. The zero-order valence-electron chi connectivity index (χ0n) is 37.0. The van der Waals surface area contributed by atoms with Gasteiger partial charge >= 0.3 is 0 Å². The van der Waals surface area contributed by atoms with Crippen LogP contribution < -0.4 is 9.80 Å². The van der Waals surface area contributed by atoms with E-state index in [0.717, 1.165) is 28.4 Å². The fraction of sp³-hybridized carbons (Fsp3) is 0.0938. The molecule has 2 heteroatoms. The van der Waals surface area contributed by atoms with E-state index in [1.807, 2.05) is 0 Å². The Morgan fingerprint density at radius 3 is 1.27 bits per heavy atom. The standard InChI is InChI=1S/C64H50N2/c1-4-15-46(16-5-1)48-25-33-53(34-26-48)65(57-41-42-60-59-22-10-11-23-61(59)64(62(60)45-57)43-12-3-13-44-64)54-35-27-50(28-36-54)51-31-39-56(40-32-51)66(63-24-14-20-52-19-8-9-21-58(52)63)55-37-29-49(30-38-55)47-17-6-2-7-18-47/h1-2,4-11,14-42,45H,3,12-13,43-44H2. The van der Waals surface area contributed by atoms with Crippen LogP contribution in [0.25, 0.3) is 55.3 Å². The van der Waals surface area contributed by atoms with Gasteiger partial charge in [0.1, 0.15) is 0 Å². The van der Waals surface area contributed by atoms with E-state index in [1.54, 1.807) is 0 Å². The summed E-state index contributed by atoms with van der Waals surface area (Å²) >= 11 is 0. The predicted octanol–water partition coefficient (Wildman–Crippen LogP) is 18.0. The van der Waals surface area contributed by atoms with Crippen LogP contribution in [-0.2, 0) is 5.41 Å². The van der Waals surface area contributed by atoms with Crippen LogP contribution in [0.2, 0.25) is 0 Å². The highest BCUT2D eigenvalue weighted by atomic mass is 15.1. The lowest BCUT2D eigenvalue weighted by molar-refractivity contribution is 0.353. The van der Waals surface area contributed by atoms with E-state index >= 15 is 0 Å². The maximum atomic E-state index is 2.52. The summed E-state index contributed by atoms with van der Waals surface area (Å²) in [5.74, 6) is 0. The van der Waals surface area contributed by atoms with Crippen LogP contribution in [0.1, 0.15) is 43.2 Å². The van der Waals surface area contributed by atoms with Crippen LogP contribution in [0.4, 0.5) is 34.1 Å². The van der Waals surface area contributed by atoms with Gasteiger partial charge in [0.2, 0.25) is 0 Å². The predicted molar refractivity (Wildman–Crippen MR) is 279 cm³/mol. The van der Waals surface area contributed by atoms with Crippen LogP contribution >= 0.6 is 0 Å². The zero-order chi connectivity index (χ0) is 43.9. The molecule has 316 valence electrons. The number of benzene rings is 10. The maximum Gasteiger partial charge on any atom is 0.0540 e. The molecule has 2 aliphatic carbocycles. The molecule has 1 spiro atoms. The monoisotopic (exact) mass is 846 g/mol. The van der Waals surface area contributed by atoms with Gasteiger partial charge in [-0.15, -0.1) is 0 Å². The fourth-order valence-corrected chi connectivity index (χ4v) is 11.0. The normalized spacial score (nSPS) is 13.6. The van der Waals surface area contributed by atoms with Gasteiger partial charge < -0.3 is 9.80 Å². The summed E-state index contributed by atoms with van der Waals surface area (Å²) in [6, 6.07) is 89.2. The summed E-state index contributed by atoms with van der Waals surface area (Å²) in [5.41, 5.74) is 20.0. The van der Waals surface area contributed by atoms with Crippen molar-refractivity contribution in [1.29, 1.82) is 0 Å². The molecule has 2 aliphatic rings. The zero-order valence-corrected chi connectivity index (χ0v) is 37.0. The molecule has 66 heavy (non-hydrogen) atoms. The van der Waals surface area contributed by atoms with E-state index in [-0.39, 0.29) is 5.41 Å². The molecule has 2 nitrogen and oxygen atoms in total.